The van der Waals surface area contributed by atoms with Crippen molar-refractivity contribution in [1.29, 1.82) is 0 Å². The van der Waals surface area contributed by atoms with Crippen molar-refractivity contribution in [1.82, 2.24) is 8.87 Å². The van der Waals surface area contributed by atoms with Gasteiger partial charge in [0.25, 0.3) is 15.9 Å². The van der Waals surface area contributed by atoms with Gasteiger partial charge in [-0.15, -0.1) is 11.3 Å². The number of thiophene rings is 1. The molecule has 1 aromatic carbocycles. The zero-order valence-electron chi connectivity index (χ0n) is 17.4. The fourth-order valence-corrected chi connectivity index (χ4v) is 7.96. The number of carbonyl (C=O) groups excluding carboxylic acids is 2. The van der Waals surface area contributed by atoms with Gasteiger partial charge >= 0.3 is 5.97 Å². The third kappa shape index (κ3) is 4.90. The van der Waals surface area contributed by atoms with Gasteiger partial charge in [0, 0.05) is 6.54 Å². The molecular weight excluding hydrogens is 513 g/mol. The Morgan fingerprint density at radius 2 is 2.03 bits per heavy atom. The minimum absolute atomic E-state index is 0.0605. The lowest BCUT2D eigenvalue weighted by atomic mass is 10.0. The van der Waals surface area contributed by atoms with Crippen LogP contribution in [-0.4, -0.2) is 48.9 Å². The summed E-state index contributed by atoms with van der Waals surface area (Å²) in [6, 6.07) is 5.95. The van der Waals surface area contributed by atoms with Gasteiger partial charge in [0.15, 0.2) is 4.80 Å². The number of amides is 1. The molecule has 13 heteroatoms. The molecule has 1 fully saturated rings. The molecule has 0 saturated carbocycles. The average molecular weight is 532 g/mol. The number of aromatic nitrogens is 1. The summed E-state index contributed by atoms with van der Waals surface area (Å²) in [5.41, 5.74) is 0.514. The van der Waals surface area contributed by atoms with E-state index >= 15 is 0 Å². The Kier molecular flexibility index (Phi) is 7.01. The first kappa shape index (κ1) is 24.0. The number of esters is 1. The maximum atomic E-state index is 13.7. The highest BCUT2D eigenvalue weighted by molar-refractivity contribution is 7.91. The number of hydrogen-bond acceptors (Lipinski definition) is 7. The van der Waals surface area contributed by atoms with E-state index in [4.69, 9.17) is 16.3 Å². The molecule has 2 aromatic heterocycles. The van der Waals surface area contributed by atoms with Crippen molar-refractivity contribution >= 4 is 66.4 Å². The molecule has 176 valence electrons. The maximum absolute atomic E-state index is 13.7. The van der Waals surface area contributed by atoms with Crippen molar-refractivity contribution < 1.29 is 27.1 Å². The zero-order chi connectivity index (χ0) is 23.8. The van der Waals surface area contributed by atoms with Crippen LogP contribution in [0.2, 0.25) is 4.34 Å². The molecule has 1 amide bonds. The Balaban J connectivity index is 1.76. The van der Waals surface area contributed by atoms with Crippen LogP contribution >= 0.6 is 34.3 Å². The summed E-state index contributed by atoms with van der Waals surface area (Å²) in [6.45, 7) is -0.0435. The van der Waals surface area contributed by atoms with Crippen molar-refractivity contribution in [3.8, 4) is 0 Å². The number of nitrogens with zero attached hydrogens (tertiary/aromatic N) is 3. The van der Waals surface area contributed by atoms with Crippen LogP contribution in [0.1, 0.15) is 19.3 Å². The number of hydrogen-bond donors (Lipinski definition) is 0. The van der Waals surface area contributed by atoms with Gasteiger partial charge in [-0.3, -0.25) is 9.59 Å². The monoisotopic (exact) mass is 531 g/mol. The molecule has 0 N–H and O–H groups in total. The molecule has 8 nitrogen and oxygen atoms in total. The van der Waals surface area contributed by atoms with Crippen molar-refractivity contribution in [3.05, 3.63) is 45.3 Å². The number of carbonyl (C=O) groups is 2. The molecule has 4 rings (SSSR count). The van der Waals surface area contributed by atoms with E-state index in [1.807, 2.05) is 0 Å². The summed E-state index contributed by atoms with van der Waals surface area (Å²) in [4.78, 5) is 29.5. The maximum Gasteiger partial charge on any atom is 0.325 e. The van der Waals surface area contributed by atoms with E-state index in [2.05, 4.69) is 4.99 Å². The molecule has 3 heterocycles. The number of benzene rings is 1. The molecule has 3 aromatic rings. The minimum Gasteiger partial charge on any atom is -0.468 e. The van der Waals surface area contributed by atoms with E-state index < -0.39 is 33.8 Å². The van der Waals surface area contributed by atoms with Crippen LogP contribution in [0.3, 0.4) is 0 Å². The molecule has 1 aliphatic heterocycles. The van der Waals surface area contributed by atoms with Crippen LogP contribution in [-0.2, 0) is 30.9 Å². The molecular formula is C20H19ClFN3O5S3. The highest BCUT2D eigenvalue weighted by Gasteiger charge is 2.38. The summed E-state index contributed by atoms with van der Waals surface area (Å²) in [5.74, 6) is -1.68. The molecule has 1 atom stereocenters. The number of fused-ring (bicyclic) bond motifs is 1. The predicted octanol–water partition coefficient (Wildman–Crippen LogP) is 3.40. The molecule has 1 saturated heterocycles. The quantitative estimate of drug-likeness (QED) is 0.470. The van der Waals surface area contributed by atoms with Crippen molar-refractivity contribution in [2.75, 3.05) is 13.7 Å². The van der Waals surface area contributed by atoms with E-state index in [1.54, 1.807) is 0 Å². The smallest absolute Gasteiger partial charge is 0.325 e. The summed E-state index contributed by atoms with van der Waals surface area (Å²) in [6.07, 6.45) is 1.60. The van der Waals surface area contributed by atoms with E-state index in [0.29, 0.717) is 33.8 Å². The summed E-state index contributed by atoms with van der Waals surface area (Å²) in [7, 11) is -2.69. The van der Waals surface area contributed by atoms with Gasteiger partial charge in [-0.05, 0) is 43.2 Å². The summed E-state index contributed by atoms with van der Waals surface area (Å²) < 4.78 is 48.3. The van der Waals surface area contributed by atoms with Gasteiger partial charge < -0.3 is 9.30 Å². The first-order chi connectivity index (χ1) is 15.7. The molecule has 0 bridgehead atoms. The Hall–Kier alpha value is -2.12. The van der Waals surface area contributed by atoms with Crippen molar-refractivity contribution in [2.24, 2.45) is 4.99 Å². The largest absolute Gasteiger partial charge is 0.468 e. The van der Waals surface area contributed by atoms with Gasteiger partial charge in [0.05, 0.1) is 21.7 Å². The first-order valence-electron chi connectivity index (χ1n) is 9.92. The highest BCUT2D eigenvalue weighted by atomic mass is 35.5. The Morgan fingerprint density at radius 3 is 2.73 bits per heavy atom. The second-order valence-electron chi connectivity index (χ2n) is 7.29. The zero-order valence-corrected chi connectivity index (χ0v) is 20.6. The Bertz CT molecular complexity index is 1400. The number of thiazole rings is 1. The van der Waals surface area contributed by atoms with Gasteiger partial charge in [-0.25, -0.2) is 12.8 Å². The van der Waals surface area contributed by atoms with Crippen molar-refractivity contribution in [3.63, 3.8) is 0 Å². The number of sulfonamides is 1. The number of ether oxygens (including phenoxy) is 1. The van der Waals surface area contributed by atoms with Crippen molar-refractivity contribution in [2.45, 2.75) is 36.1 Å². The number of rotatable bonds is 5. The lowest BCUT2D eigenvalue weighted by Crippen LogP contribution is -2.47. The highest BCUT2D eigenvalue weighted by Crippen LogP contribution is 2.32. The third-order valence-electron chi connectivity index (χ3n) is 5.22. The van der Waals surface area contributed by atoms with Gasteiger partial charge in [-0.1, -0.05) is 29.4 Å². The topological polar surface area (TPSA) is 98.0 Å². The minimum atomic E-state index is -3.93. The normalized spacial score (nSPS) is 18.0. The molecule has 0 spiro atoms. The second kappa shape index (κ2) is 9.63. The molecule has 0 radical (unpaired) electrons. The second-order valence-corrected chi connectivity index (χ2v) is 12.1. The standard InChI is InChI=1S/C20H19ClFN3O5S3/c1-30-17(26)11-24-13-6-5-12(22)10-15(13)31-20(24)23-19(27)14-4-2-3-9-25(14)33(28,29)18-8-7-16(21)32-18/h5-8,10,14H,2-4,9,11H2,1H3. The van der Waals surface area contributed by atoms with Gasteiger partial charge in [0.2, 0.25) is 0 Å². The number of methoxy groups -OCH3 is 1. The third-order valence-corrected chi connectivity index (χ3v) is 9.86. The summed E-state index contributed by atoms with van der Waals surface area (Å²) >= 11 is 7.88. The van der Waals surface area contributed by atoms with E-state index in [-0.39, 0.29) is 22.1 Å². The van der Waals surface area contributed by atoms with E-state index in [0.717, 1.165) is 22.7 Å². The first-order valence-corrected chi connectivity index (χ1v) is 13.4. The van der Waals surface area contributed by atoms with Crippen LogP contribution in [0, 0.1) is 5.82 Å². The fourth-order valence-electron chi connectivity index (χ4n) is 3.64. The Morgan fingerprint density at radius 1 is 1.24 bits per heavy atom. The molecule has 33 heavy (non-hydrogen) atoms. The van der Waals surface area contributed by atoms with E-state index in [1.165, 1.54) is 46.3 Å². The lowest BCUT2D eigenvalue weighted by molar-refractivity contribution is -0.141. The van der Waals surface area contributed by atoms with Crippen LogP contribution in [0.5, 0.6) is 0 Å². The fraction of sp³-hybridized carbons (Fsp3) is 0.350. The van der Waals surface area contributed by atoms with Crippen LogP contribution in [0.15, 0.2) is 39.5 Å². The predicted molar refractivity (Wildman–Crippen MR) is 123 cm³/mol. The molecule has 0 aliphatic carbocycles. The van der Waals surface area contributed by atoms with E-state index in [9.17, 15) is 22.4 Å². The lowest BCUT2D eigenvalue weighted by Gasteiger charge is -2.31. The average Bonchev–Trinajstić information content (AvgIpc) is 3.37. The summed E-state index contributed by atoms with van der Waals surface area (Å²) in [5, 5.41) is 0. The SMILES string of the molecule is COC(=O)Cn1c(=NC(=O)C2CCCCN2S(=O)(=O)c2ccc(Cl)s2)sc2cc(F)ccc21. The van der Waals surface area contributed by atoms with Gasteiger partial charge in [0.1, 0.15) is 22.6 Å². The van der Waals surface area contributed by atoms with Crippen LogP contribution in [0.25, 0.3) is 10.2 Å². The van der Waals surface area contributed by atoms with Crippen LogP contribution < -0.4 is 4.80 Å². The van der Waals surface area contributed by atoms with Crippen LogP contribution in [0.4, 0.5) is 4.39 Å². The Labute approximate surface area is 201 Å². The molecule has 1 unspecified atom stereocenters. The van der Waals surface area contributed by atoms with Gasteiger partial charge in [-0.2, -0.15) is 9.30 Å². The molecule has 1 aliphatic rings. The number of piperidine rings is 1. The number of halogens is 2.